The van der Waals surface area contributed by atoms with Crippen molar-refractivity contribution in [3.05, 3.63) is 28.8 Å². The van der Waals surface area contributed by atoms with Crippen LogP contribution in [0.15, 0.2) is 18.2 Å². The molecule has 1 aromatic carbocycles. The molecule has 4 heteroatoms. The van der Waals surface area contributed by atoms with Gasteiger partial charge in [0.15, 0.2) is 0 Å². The summed E-state index contributed by atoms with van der Waals surface area (Å²) < 4.78 is 0. The molecule has 2 rings (SSSR count). The maximum absolute atomic E-state index is 7.41. The fourth-order valence-corrected chi connectivity index (χ4v) is 2.78. The Morgan fingerprint density at radius 1 is 1.50 bits per heavy atom. The number of nitrogens with two attached hydrogens (primary N) is 1. The molecule has 1 unspecified atom stereocenters. The van der Waals surface area contributed by atoms with Crippen LogP contribution >= 0.6 is 11.6 Å². The van der Waals surface area contributed by atoms with Crippen LogP contribution in [-0.2, 0) is 0 Å². The molecule has 1 aromatic rings. The number of nitrogens with zero attached hydrogens (tertiary/aromatic N) is 1. The van der Waals surface area contributed by atoms with Gasteiger partial charge in [-0.3, -0.25) is 5.41 Å². The number of anilines is 1. The minimum atomic E-state index is 0.0601. The van der Waals surface area contributed by atoms with Gasteiger partial charge in [0, 0.05) is 18.7 Å². The van der Waals surface area contributed by atoms with Crippen LogP contribution in [0.1, 0.15) is 25.8 Å². The zero-order chi connectivity index (χ0) is 13.3. The molecule has 1 atom stereocenters. The second-order valence-corrected chi connectivity index (χ2v) is 5.73. The van der Waals surface area contributed by atoms with Crippen molar-refractivity contribution in [1.82, 2.24) is 0 Å². The normalized spacial score (nSPS) is 19.6. The molecule has 1 fully saturated rings. The van der Waals surface area contributed by atoms with Crippen molar-refractivity contribution in [2.45, 2.75) is 20.3 Å². The molecular formula is C14H20ClN3. The van der Waals surface area contributed by atoms with Crippen LogP contribution < -0.4 is 10.6 Å². The summed E-state index contributed by atoms with van der Waals surface area (Å²) in [4.78, 5) is 2.33. The summed E-state index contributed by atoms with van der Waals surface area (Å²) in [6.45, 7) is 6.67. The Morgan fingerprint density at radius 2 is 2.22 bits per heavy atom. The molecule has 1 saturated heterocycles. The second-order valence-electron chi connectivity index (χ2n) is 5.32. The largest absolute Gasteiger partial charge is 0.384 e. The first-order valence-electron chi connectivity index (χ1n) is 6.38. The fourth-order valence-electron chi connectivity index (χ4n) is 2.48. The van der Waals surface area contributed by atoms with Crippen molar-refractivity contribution in [2.75, 3.05) is 18.0 Å². The molecule has 3 N–H and O–H groups in total. The maximum atomic E-state index is 7.41. The summed E-state index contributed by atoms with van der Waals surface area (Å²) in [6.07, 6.45) is 1.22. The van der Waals surface area contributed by atoms with Crippen molar-refractivity contribution in [3.63, 3.8) is 0 Å². The summed E-state index contributed by atoms with van der Waals surface area (Å²) in [6, 6.07) is 5.62. The second kappa shape index (κ2) is 5.19. The standard InChI is InChI=1S/C14H20ClN3/c1-9(2)11-5-6-18(8-11)13-4-3-10(14(16)17)7-12(13)15/h3-4,7,9,11H,5-6,8H2,1-2H3,(H3,16,17). The summed E-state index contributed by atoms with van der Waals surface area (Å²) in [5, 5.41) is 8.09. The summed E-state index contributed by atoms with van der Waals surface area (Å²) in [5.74, 6) is 1.52. The number of amidine groups is 1. The van der Waals surface area contributed by atoms with Crippen LogP contribution in [-0.4, -0.2) is 18.9 Å². The maximum Gasteiger partial charge on any atom is 0.122 e. The molecule has 0 radical (unpaired) electrons. The molecule has 0 amide bonds. The van der Waals surface area contributed by atoms with E-state index in [1.807, 2.05) is 12.1 Å². The summed E-state index contributed by atoms with van der Waals surface area (Å²) in [7, 11) is 0. The highest BCUT2D eigenvalue weighted by Gasteiger charge is 2.26. The Morgan fingerprint density at radius 3 is 2.72 bits per heavy atom. The van der Waals surface area contributed by atoms with Crippen molar-refractivity contribution < 1.29 is 0 Å². The van der Waals surface area contributed by atoms with Crippen LogP contribution in [0.2, 0.25) is 5.02 Å². The van der Waals surface area contributed by atoms with E-state index < -0.39 is 0 Å². The molecule has 0 bridgehead atoms. The van der Waals surface area contributed by atoms with Gasteiger partial charge in [-0.15, -0.1) is 0 Å². The Bertz CT molecular complexity index is 456. The number of benzene rings is 1. The average Bonchev–Trinajstić information content (AvgIpc) is 2.78. The molecule has 0 spiro atoms. The minimum absolute atomic E-state index is 0.0601. The van der Waals surface area contributed by atoms with Gasteiger partial charge >= 0.3 is 0 Å². The van der Waals surface area contributed by atoms with Crippen molar-refractivity contribution in [2.24, 2.45) is 17.6 Å². The van der Waals surface area contributed by atoms with E-state index in [1.165, 1.54) is 6.42 Å². The van der Waals surface area contributed by atoms with E-state index in [9.17, 15) is 0 Å². The highest BCUT2D eigenvalue weighted by atomic mass is 35.5. The number of halogens is 1. The van der Waals surface area contributed by atoms with Gasteiger partial charge in [-0.25, -0.2) is 0 Å². The Balaban J connectivity index is 2.18. The minimum Gasteiger partial charge on any atom is -0.384 e. The Hall–Kier alpha value is -1.22. The number of hydrogen-bond donors (Lipinski definition) is 2. The van der Waals surface area contributed by atoms with Gasteiger partial charge < -0.3 is 10.6 Å². The smallest absolute Gasteiger partial charge is 0.122 e. The average molecular weight is 266 g/mol. The van der Waals surface area contributed by atoms with E-state index >= 15 is 0 Å². The molecule has 0 aromatic heterocycles. The van der Waals surface area contributed by atoms with Gasteiger partial charge in [0.1, 0.15) is 5.84 Å². The number of nitrogens with one attached hydrogen (secondary N) is 1. The molecule has 0 saturated carbocycles. The van der Waals surface area contributed by atoms with E-state index in [0.29, 0.717) is 16.5 Å². The Kier molecular flexibility index (Phi) is 3.81. The van der Waals surface area contributed by atoms with E-state index in [-0.39, 0.29) is 5.84 Å². The van der Waals surface area contributed by atoms with Gasteiger partial charge in [-0.05, 0) is 36.5 Å². The third-order valence-corrected chi connectivity index (χ3v) is 4.07. The quantitative estimate of drug-likeness (QED) is 0.652. The molecule has 18 heavy (non-hydrogen) atoms. The number of nitrogen functional groups attached to an aromatic ring is 1. The lowest BCUT2D eigenvalue weighted by atomic mass is 9.95. The first-order chi connectivity index (χ1) is 8.49. The first-order valence-corrected chi connectivity index (χ1v) is 6.75. The van der Waals surface area contributed by atoms with Crippen molar-refractivity contribution in [3.8, 4) is 0 Å². The zero-order valence-electron chi connectivity index (χ0n) is 10.9. The highest BCUT2D eigenvalue weighted by molar-refractivity contribution is 6.33. The van der Waals surface area contributed by atoms with Gasteiger partial charge in [-0.1, -0.05) is 25.4 Å². The zero-order valence-corrected chi connectivity index (χ0v) is 11.7. The lowest BCUT2D eigenvalue weighted by molar-refractivity contribution is 0.423. The third kappa shape index (κ3) is 2.61. The highest BCUT2D eigenvalue weighted by Crippen LogP contribution is 2.33. The SMILES string of the molecule is CC(C)C1CCN(c2ccc(C(=N)N)cc2Cl)C1. The van der Waals surface area contributed by atoms with E-state index in [2.05, 4.69) is 18.7 Å². The first kappa shape index (κ1) is 13.2. The predicted molar refractivity (Wildman–Crippen MR) is 77.6 cm³/mol. The number of rotatable bonds is 3. The van der Waals surface area contributed by atoms with Crippen LogP contribution in [0.4, 0.5) is 5.69 Å². The van der Waals surface area contributed by atoms with Gasteiger partial charge in [0.25, 0.3) is 0 Å². The predicted octanol–water partition coefficient (Wildman–Crippen LogP) is 3.11. The fraction of sp³-hybridized carbons (Fsp3) is 0.500. The van der Waals surface area contributed by atoms with Gasteiger partial charge in [0.05, 0.1) is 10.7 Å². The number of hydrogen-bond acceptors (Lipinski definition) is 2. The van der Waals surface area contributed by atoms with Gasteiger partial charge in [0.2, 0.25) is 0 Å². The van der Waals surface area contributed by atoms with Crippen LogP contribution in [0.5, 0.6) is 0 Å². The molecular weight excluding hydrogens is 246 g/mol. The molecule has 0 aliphatic carbocycles. The topological polar surface area (TPSA) is 53.1 Å². The van der Waals surface area contributed by atoms with Gasteiger partial charge in [-0.2, -0.15) is 0 Å². The summed E-state index contributed by atoms with van der Waals surface area (Å²) in [5.41, 5.74) is 7.20. The molecule has 1 aliphatic rings. The van der Waals surface area contributed by atoms with Crippen LogP contribution in [0.25, 0.3) is 0 Å². The van der Waals surface area contributed by atoms with Crippen molar-refractivity contribution in [1.29, 1.82) is 5.41 Å². The summed E-state index contributed by atoms with van der Waals surface area (Å²) >= 11 is 6.29. The van der Waals surface area contributed by atoms with Crippen molar-refractivity contribution >= 4 is 23.1 Å². The molecule has 3 nitrogen and oxygen atoms in total. The lowest BCUT2D eigenvalue weighted by Crippen LogP contribution is -2.21. The van der Waals surface area contributed by atoms with E-state index in [4.69, 9.17) is 22.7 Å². The molecule has 98 valence electrons. The monoisotopic (exact) mass is 265 g/mol. The van der Waals surface area contributed by atoms with Crippen LogP contribution in [0.3, 0.4) is 0 Å². The molecule has 1 aliphatic heterocycles. The van der Waals surface area contributed by atoms with E-state index in [0.717, 1.165) is 24.7 Å². The molecule has 1 heterocycles. The van der Waals surface area contributed by atoms with E-state index in [1.54, 1.807) is 6.07 Å². The van der Waals surface area contributed by atoms with Crippen LogP contribution in [0, 0.1) is 17.2 Å². The lowest BCUT2D eigenvalue weighted by Gasteiger charge is -2.21. The Labute approximate surface area is 113 Å². The third-order valence-electron chi connectivity index (χ3n) is 3.77.